The molecule has 0 bridgehead atoms. The minimum Gasteiger partial charge on any atom is -0.423 e. The standard InChI is InChI=1S/C20H16B2O4/c23-21(24)17-11-9-13-5-1-3-7-15(13)19(17)20-16-8-4-2-6-14(16)10-12-18(20)22(25)26/h1-12,23-26H. The van der Waals surface area contributed by atoms with E-state index in [1.165, 1.54) is 0 Å². The summed E-state index contributed by atoms with van der Waals surface area (Å²) < 4.78 is 0. The molecule has 0 aliphatic heterocycles. The highest BCUT2D eigenvalue weighted by Gasteiger charge is 2.26. The number of fused-ring (bicyclic) bond motifs is 2. The minimum atomic E-state index is -1.68. The summed E-state index contributed by atoms with van der Waals surface area (Å²) in [4.78, 5) is 0. The molecule has 126 valence electrons. The molecule has 6 heteroatoms. The van der Waals surface area contributed by atoms with Gasteiger partial charge in [0.25, 0.3) is 0 Å². The van der Waals surface area contributed by atoms with E-state index < -0.39 is 14.2 Å². The van der Waals surface area contributed by atoms with Gasteiger partial charge in [0.15, 0.2) is 0 Å². The highest BCUT2D eigenvalue weighted by Crippen LogP contribution is 2.32. The largest absolute Gasteiger partial charge is 0.489 e. The predicted octanol–water partition coefficient (Wildman–Crippen LogP) is 1.02. The van der Waals surface area contributed by atoms with Gasteiger partial charge in [-0.2, -0.15) is 0 Å². The van der Waals surface area contributed by atoms with Crippen molar-refractivity contribution in [2.75, 3.05) is 0 Å². The average Bonchev–Trinajstić information content (AvgIpc) is 2.66. The van der Waals surface area contributed by atoms with Crippen molar-refractivity contribution in [1.82, 2.24) is 0 Å². The van der Waals surface area contributed by atoms with Gasteiger partial charge in [-0.15, -0.1) is 0 Å². The van der Waals surface area contributed by atoms with E-state index in [2.05, 4.69) is 0 Å². The molecule has 0 aromatic heterocycles. The molecule has 4 rings (SSSR count). The van der Waals surface area contributed by atoms with Crippen LogP contribution in [0.5, 0.6) is 0 Å². The minimum absolute atomic E-state index is 0.321. The second kappa shape index (κ2) is 6.59. The first-order valence-corrected chi connectivity index (χ1v) is 8.34. The Hall–Kier alpha value is -2.63. The molecule has 0 saturated heterocycles. The lowest BCUT2D eigenvalue weighted by molar-refractivity contribution is 0.424. The highest BCUT2D eigenvalue weighted by atomic mass is 16.4. The van der Waals surface area contributed by atoms with Crippen molar-refractivity contribution in [3.8, 4) is 11.1 Å². The van der Waals surface area contributed by atoms with Gasteiger partial charge in [0.05, 0.1) is 0 Å². The third kappa shape index (κ3) is 2.69. The fourth-order valence-electron chi connectivity index (χ4n) is 3.57. The van der Waals surface area contributed by atoms with Gasteiger partial charge < -0.3 is 20.1 Å². The summed E-state index contributed by atoms with van der Waals surface area (Å²) in [5, 5.41) is 43.3. The Morgan fingerprint density at radius 2 is 0.846 bits per heavy atom. The molecule has 0 radical (unpaired) electrons. The molecule has 4 N–H and O–H groups in total. The van der Waals surface area contributed by atoms with Gasteiger partial charge in [-0.25, -0.2) is 0 Å². The quantitative estimate of drug-likeness (QED) is 0.419. The van der Waals surface area contributed by atoms with E-state index in [0.29, 0.717) is 22.1 Å². The van der Waals surface area contributed by atoms with Crippen LogP contribution in [0, 0.1) is 0 Å². The molecule has 0 spiro atoms. The van der Waals surface area contributed by atoms with E-state index >= 15 is 0 Å². The van der Waals surface area contributed by atoms with Gasteiger partial charge in [-0.05, 0) is 43.6 Å². The Balaban J connectivity index is 2.23. The zero-order chi connectivity index (χ0) is 18.3. The van der Waals surface area contributed by atoms with Gasteiger partial charge in [-0.1, -0.05) is 72.8 Å². The lowest BCUT2D eigenvalue weighted by Crippen LogP contribution is -2.36. The fraction of sp³-hybridized carbons (Fsp3) is 0. The molecule has 0 saturated carbocycles. The molecule has 0 fully saturated rings. The van der Waals surface area contributed by atoms with Crippen molar-refractivity contribution >= 4 is 46.7 Å². The maximum atomic E-state index is 9.96. The van der Waals surface area contributed by atoms with Crippen LogP contribution in [0.4, 0.5) is 0 Å². The molecule has 0 aliphatic carbocycles. The fourth-order valence-corrected chi connectivity index (χ4v) is 3.57. The first kappa shape index (κ1) is 16.8. The molecule has 0 amide bonds. The Kier molecular flexibility index (Phi) is 4.26. The van der Waals surface area contributed by atoms with Crippen LogP contribution in [0.3, 0.4) is 0 Å². The van der Waals surface area contributed by atoms with E-state index in [-0.39, 0.29) is 0 Å². The monoisotopic (exact) mass is 342 g/mol. The number of hydrogen-bond donors (Lipinski definition) is 4. The van der Waals surface area contributed by atoms with E-state index in [1.807, 2.05) is 60.7 Å². The van der Waals surface area contributed by atoms with Crippen LogP contribution in [-0.4, -0.2) is 34.3 Å². The Bertz CT molecular complexity index is 1020. The SMILES string of the molecule is OB(O)c1ccc2ccccc2c1-c1c(B(O)O)ccc2ccccc12. The van der Waals surface area contributed by atoms with E-state index in [0.717, 1.165) is 21.5 Å². The van der Waals surface area contributed by atoms with Crippen LogP contribution in [0.15, 0.2) is 72.8 Å². The first-order valence-electron chi connectivity index (χ1n) is 8.34. The van der Waals surface area contributed by atoms with E-state index in [1.54, 1.807) is 12.1 Å². The zero-order valence-electron chi connectivity index (χ0n) is 13.9. The second-order valence-electron chi connectivity index (χ2n) is 6.25. The highest BCUT2D eigenvalue weighted by molar-refractivity contribution is 6.64. The average molecular weight is 342 g/mol. The first-order chi connectivity index (χ1) is 12.6. The van der Waals surface area contributed by atoms with Gasteiger partial charge in [0, 0.05) is 0 Å². The number of rotatable bonds is 3. The zero-order valence-corrected chi connectivity index (χ0v) is 13.9. The molecule has 0 atom stereocenters. The maximum absolute atomic E-state index is 9.96. The van der Waals surface area contributed by atoms with Crippen molar-refractivity contribution in [2.24, 2.45) is 0 Å². The number of benzene rings is 4. The molecule has 0 unspecified atom stereocenters. The smallest absolute Gasteiger partial charge is 0.423 e. The number of hydrogen-bond acceptors (Lipinski definition) is 4. The summed E-state index contributed by atoms with van der Waals surface area (Å²) >= 11 is 0. The summed E-state index contributed by atoms with van der Waals surface area (Å²) in [7, 11) is -3.37. The summed E-state index contributed by atoms with van der Waals surface area (Å²) in [5.41, 5.74) is 1.83. The third-order valence-electron chi connectivity index (χ3n) is 4.73. The predicted molar refractivity (Wildman–Crippen MR) is 107 cm³/mol. The van der Waals surface area contributed by atoms with Crippen molar-refractivity contribution < 1.29 is 20.1 Å². The van der Waals surface area contributed by atoms with Crippen molar-refractivity contribution in [3.05, 3.63) is 72.8 Å². The lowest BCUT2D eigenvalue weighted by atomic mass is 9.68. The molecular formula is C20H16B2O4. The molecule has 4 aromatic carbocycles. The normalized spacial score (nSPS) is 11.1. The summed E-state index contributed by atoms with van der Waals surface area (Å²) in [6, 6.07) is 22.2. The molecule has 0 heterocycles. The van der Waals surface area contributed by atoms with Gasteiger partial charge in [-0.3, -0.25) is 0 Å². The maximum Gasteiger partial charge on any atom is 0.489 e. The third-order valence-corrected chi connectivity index (χ3v) is 4.73. The Morgan fingerprint density at radius 3 is 1.23 bits per heavy atom. The summed E-state index contributed by atoms with van der Waals surface area (Å²) in [5.74, 6) is 0. The van der Waals surface area contributed by atoms with Crippen LogP contribution >= 0.6 is 0 Å². The molecular weight excluding hydrogens is 326 g/mol. The Labute approximate surface area is 151 Å². The van der Waals surface area contributed by atoms with Gasteiger partial charge in [0.1, 0.15) is 0 Å². The van der Waals surface area contributed by atoms with E-state index in [4.69, 9.17) is 0 Å². The van der Waals surface area contributed by atoms with Crippen molar-refractivity contribution in [3.63, 3.8) is 0 Å². The lowest BCUT2D eigenvalue weighted by Gasteiger charge is -2.19. The van der Waals surface area contributed by atoms with Crippen LogP contribution in [0.25, 0.3) is 32.7 Å². The van der Waals surface area contributed by atoms with Gasteiger partial charge >= 0.3 is 14.2 Å². The van der Waals surface area contributed by atoms with Gasteiger partial charge in [0.2, 0.25) is 0 Å². The van der Waals surface area contributed by atoms with Crippen LogP contribution in [0.2, 0.25) is 0 Å². The van der Waals surface area contributed by atoms with Crippen LogP contribution < -0.4 is 10.9 Å². The second-order valence-corrected chi connectivity index (χ2v) is 6.25. The summed E-state index contributed by atoms with van der Waals surface area (Å²) in [6.07, 6.45) is 0. The van der Waals surface area contributed by atoms with Crippen LogP contribution in [-0.2, 0) is 0 Å². The summed E-state index contributed by atoms with van der Waals surface area (Å²) in [6.45, 7) is 0. The molecule has 4 aromatic rings. The molecule has 26 heavy (non-hydrogen) atoms. The van der Waals surface area contributed by atoms with E-state index in [9.17, 15) is 20.1 Å². The molecule has 0 aliphatic rings. The Morgan fingerprint density at radius 1 is 0.462 bits per heavy atom. The molecule has 4 nitrogen and oxygen atoms in total. The van der Waals surface area contributed by atoms with Crippen molar-refractivity contribution in [2.45, 2.75) is 0 Å². The topological polar surface area (TPSA) is 80.9 Å². The van der Waals surface area contributed by atoms with Crippen molar-refractivity contribution in [1.29, 1.82) is 0 Å². The van der Waals surface area contributed by atoms with Crippen LogP contribution in [0.1, 0.15) is 0 Å².